The number of hydrogen-bond donors (Lipinski definition) is 1. The quantitative estimate of drug-likeness (QED) is 0.637. The van der Waals surface area contributed by atoms with Crippen LogP contribution in [-0.2, 0) is 9.53 Å². The Kier molecular flexibility index (Phi) is 6.49. The van der Waals surface area contributed by atoms with Crippen LogP contribution in [0.25, 0.3) is 0 Å². The molecule has 0 aliphatic rings. The van der Waals surface area contributed by atoms with E-state index in [2.05, 4.69) is 0 Å². The Morgan fingerprint density at radius 3 is 2.50 bits per heavy atom. The number of ether oxygens (including phenoxy) is 1. The zero-order valence-electron chi connectivity index (χ0n) is 9.62. The first-order chi connectivity index (χ1) is 6.50. The number of likely N-dealkylation sites (N-methyl/N-ethyl adjacent to an activating group) is 1. The molecule has 0 aromatic rings. The Bertz CT molecular complexity index is 172. The Labute approximate surface area is 86.4 Å². The van der Waals surface area contributed by atoms with Gasteiger partial charge in [0.1, 0.15) is 0 Å². The van der Waals surface area contributed by atoms with Gasteiger partial charge in [-0.15, -0.1) is 0 Å². The molecule has 0 saturated carbocycles. The maximum Gasteiger partial charge on any atom is 0.239 e. The molecule has 0 spiro atoms. The van der Waals surface area contributed by atoms with Crippen molar-refractivity contribution in [2.45, 2.75) is 26.8 Å². The Morgan fingerprint density at radius 2 is 2.07 bits per heavy atom. The van der Waals surface area contributed by atoms with Gasteiger partial charge in [-0.1, -0.05) is 13.8 Å². The van der Waals surface area contributed by atoms with E-state index in [9.17, 15) is 4.79 Å². The lowest BCUT2D eigenvalue weighted by molar-refractivity contribution is -0.132. The highest BCUT2D eigenvalue weighted by Gasteiger charge is 2.20. The molecule has 0 aromatic heterocycles. The molecule has 0 heterocycles. The minimum atomic E-state index is -0.401. The topological polar surface area (TPSA) is 55.6 Å². The third kappa shape index (κ3) is 4.58. The number of amides is 1. The van der Waals surface area contributed by atoms with Crippen molar-refractivity contribution < 1.29 is 9.53 Å². The van der Waals surface area contributed by atoms with Crippen LogP contribution in [0, 0.1) is 5.92 Å². The van der Waals surface area contributed by atoms with Crippen LogP contribution in [-0.4, -0.2) is 43.7 Å². The minimum Gasteiger partial charge on any atom is -0.380 e. The zero-order chi connectivity index (χ0) is 11.1. The average molecular weight is 202 g/mol. The number of carbonyl (C=O) groups excluding carboxylic acids is 1. The lowest BCUT2D eigenvalue weighted by Gasteiger charge is -2.23. The Hall–Kier alpha value is -0.610. The number of carbonyl (C=O) groups is 1. The second-order valence-corrected chi connectivity index (χ2v) is 3.73. The third-order valence-corrected chi connectivity index (χ3v) is 2.15. The maximum absolute atomic E-state index is 11.6. The molecule has 0 saturated heterocycles. The lowest BCUT2D eigenvalue weighted by atomic mass is 10.0. The number of nitrogens with zero attached hydrogens (tertiary/aromatic N) is 1. The highest BCUT2D eigenvalue weighted by molar-refractivity contribution is 5.81. The zero-order valence-corrected chi connectivity index (χ0v) is 9.62. The van der Waals surface area contributed by atoms with Crippen molar-refractivity contribution in [3.63, 3.8) is 0 Å². The van der Waals surface area contributed by atoms with Crippen LogP contribution in [0.5, 0.6) is 0 Å². The van der Waals surface area contributed by atoms with Crippen molar-refractivity contribution in [2.75, 3.05) is 26.8 Å². The van der Waals surface area contributed by atoms with Crippen LogP contribution >= 0.6 is 0 Å². The summed E-state index contributed by atoms with van der Waals surface area (Å²) in [6.45, 7) is 7.68. The maximum atomic E-state index is 11.6. The van der Waals surface area contributed by atoms with Crippen molar-refractivity contribution in [3.05, 3.63) is 0 Å². The molecular formula is C10H22N2O2. The van der Waals surface area contributed by atoms with E-state index in [4.69, 9.17) is 10.5 Å². The first-order valence-electron chi connectivity index (χ1n) is 5.09. The van der Waals surface area contributed by atoms with Crippen molar-refractivity contribution in [2.24, 2.45) is 11.7 Å². The summed E-state index contributed by atoms with van der Waals surface area (Å²) >= 11 is 0. The highest BCUT2D eigenvalue weighted by Crippen LogP contribution is 2.01. The fourth-order valence-corrected chi connectivity index (χ4v) is 0.996. The van der Waals surface area contributed by atoms with E-state index < -0.39 is 6.04 Å². The predicted octanol–water partition coefficient (Wildman–Crippen LogP) is 0.465. The molecule has 0 bridgehead atoms. The molecule has 0 aromatic carbocycles. The van der Waals surface area contributed by atoms with Crippen LogP contribution in [0.4, 0.5) is 0 Å². The van der Waals surface area contributed by atoms with Gasteiger partial charge in [0.05, 0.1) is 12.6 Å². The van der Waals surface area contributed by atoms with Crippen molar-refractivity contribution >= 4 is 5.91 Å². The molecule has 0 fully saturated rings. The summed E-state index contributed by atoms with van der Waals surface area (Å²) in [6, 6.07) is -0.401. The Morgan fingerprint density at radius 1 is 1.50 bits per heavy atom. The predicted molar refractivity (Wildman–Crippen MR) is 56.9 cm³/mol. The van der Waals surface area contributed by atoms with Gasteiger partial charge in [0.25, 0.3) is 0 Å². The summed E-state index contributed by atoms with van der Waals surface area (Å²) in [5, 5.41) is 0. The fraction of sp³-hybridized carbons (Fsp3) is 0.900. The van der Waals surface area contributed by atoms with E-state index in [-0.39, 0.29) is 11.8 Å². The van der Waals surface area contributed by atoms with Gasteiger partial charge in [0.15, 0.2) is 0 Å². The van der Waals surface area contributed by atoms with Gasteiger partial charge in [-0.2, -0.15) is 0 Å². The first-order valence-corrected chi connectivity index (χ1v) is 5.09. The number of rotatable bonds is 6. The fourth-order valence-electron chi connectivity index (χ4n) is 0.996. The summed E-state index contributed by atoms with van der Waals surface area (Å²) in [6.07, 6.45) is 0. The van der Waals surface area contributed by atoms with E-state index in [1.807, 2.05) is 20.8 Å². The summed E-state index contributed by atoms with van der Waals surface area (Å²) in [4.78, 5) is 13.2. The Balaban J connectivity index is 3.86. The van der Waals surface area contributed by atoms with Crippen LogP contribution in [0.1, 0.15) is 20.8 Å². The highest BCUT2D eigenvalue weighted by atomic mass is 16.5. The summed E-state index contributed by atoms with van der Waals surface area (Å²) in [5.74, 6) is 0.164. The smallest absolute Gasteiger partial charge is 0.239 e. The molecule has 2 N–H and O–H groups in total. The largest absolute Gasteiger partial charge is 0.380 e. The molecule has 4 heteroatoms. The van der Waals surface area contributed by atoms with E-state index in [1.54, 1.807) is 11.9 Å². The molecule has 4 nitrogen and oxygen atoms in total. The monoisotopic (exact) mass is 202 g/mol. The van der Waals surface area contributed by atoms with E-state index >= 15 is 0 Å². The van der Waals surface area contributed by atoms with E-state index in [0.717, 1.165) is 0 Å². The average Bonchev–Trinajstić information content (AvgIpc) is 2.15. The normalized spacial score (nSPS) is 13.0. The third-order valence-electron chi connectivity index (χ3n) is 2.15. The second-order valence-electron chi connectivity index (χ2n) is 3.73. The van der Waals surface area contributed by atoms with E-state index in [1.165, 1.54) is 0 Å². The molecule has 84 valence electrons. The van der Waals surface area contributed by atoms with Crippen molar-refractivity contribution in [1.29, 1.82) is 0 Å². The standard InChI is InChI=1S/C10H22N2O2/c1-5-14-7-6-12(4)10(13)9(11)8(2)3/h8-9H,5-7,11H2,1-4H3. The van der Waals surface area contributed by atoms with Gasteiger partial charge in [-0.25, -0.2) is 0 Å². The van der Waals surface area contributed by atoms with E-state index in [0.29, 0.717) is 19.8 Å². The van der Waals surface area contributed by atoms with Gasteiger partial charge in [0, 0.05) is 20.2 Å². The molecule has 0 aliphatic heterocycles. The first kappa shape index (κ1) is 13.4. The number of hydrogen-bond acceptors (Lipinski definition) is 3. The molecule has 1 unspecified atom stereocenters. The van der Waals surface area contributed by atoms with Crippen molar-refractivity contribution in [1.82, 2.24) is 4.90 Å². The van der Waals surface area contributed by atoms with Crippen LogP contribution in [0.2, 0.25) is 0 Å². The SMILES string of the molecule is CCOCCN(C)C(=O)C(N)C(C)C. The van der Waals surface area contributed by atoms with Gasteiger partial charge >= 0.3 is 0 Å². The number of nitrogens with two attached hydrogens (primary N) is 1. The molecule has 0 radical (unpaired) electrons. The van der Waals surface area contributed by atoms with Gasteiger partial charge in [-0.3, -0.25) is 4.79 Å². The van der Waals surface area contributed by atoms with Crippen LogP contribution in [0.3, 0.4) is 0 Å². The van der Waals surface area contributed by atoms with Gasteiger partial charge in [0.2, 0.25) is 5.91 Å². The van der Waals surface area contributed by atoms with Crippen LogP contribution in [0.15, 0.2) is 0 Å². The summed E-state index contributed by atoms with van der Waals surface area (Å²) < 4.78 is 5.16. The summed E-state index contributed by atoms with van der Waals surface area (Å²) in [5.41, 5.74) is 5.73. The van der Waals surface area contributed by atoms with Gasteiger partial charge < -0.3 is 15.4 Å². The minimum absolute atomic E-state index is 0.0142. The molecule has 0 rings (SSSR count). The summed E-state index contributed by atoms with van der Waals surface area (Å²) in [7, 11) is 1.75. The molecule has 0 aliphatic carbocycles. The molecule has 1 amide bonds. The van der Waals surface area contributed by atoms with Crippen molar-refractivity contribution in [3.8, 4) is 0 Å². The molecule has 1 atom stereocenters. The second kappa shape index (κ2) is 6.79. The van der Waals surface area contributed by atoms with Crippen LogP contribution < -0.4 is 5.73 Å². The molecule has 14 heavy (non-hydrogen) atoms. The van der Waals surface area contributed by atoms with Gasteiger partial charge in [-0.05, 0) is 12.8 Å². The lowest BCUT2D eigenvalue weighted by Crippen LogP contribution is -2.45. The molecular weight excluding hydrogens is 180 g/mol.